The maximum atomic E-state index is 12.5. The Kier molecular flexibility index (Phi) is 12.1. The molecule has 284 valence electrons. The largest absolute Gasteiger partial charge is 0.389 e. The van der Waals surface area contributed by atoms with Crippen molar-refractivity contribution in [1.82, 2.24) is 29.9 Å². The maximum absolute atomic E-state index is 12.5. The number of aromatic amines is 2. The van der Waals surface area contributed by atoms with E-state index in [9.17, 15) is 35.5 Å². The molecule has 0 saturated heterocycles. The first kappa shape index (κ1) is 40.4. The van der Waals surface area contributed by atoms with Crippen LogP contribution in [0.15, 0.2) is 80.5 Å². The van der Waals surface area contributed by atoms with E-state index in [-0.39, 0.29) is 68.8 Å². The summed E-state index contributed by atoms with van der Waals surface area (Å²) in [5.74, 6) is -1.19. The first-order valence-corrected chi connectivity index (χ1v) is 18.1. The fourth-order valence-electron chi connectivity index (χ4n) is 4.01. The molecule has 0 aliphatic heterocycles. The van der Waals surface area contributed by atoms with E-state index in [2.05, 4.69) is 53.0 Å². The van der Waals surface area contributed by atoms with E-state index in [1.165, 1.54) is 60.1 Å². The third kappa shape index (κ3) is 10.6. The summed E-state index contributed by atoms with van der Waals surface area (Å²) < 4.78 is 80.3. The van der Waals surface area contributed by atoms with Crippen LogP contribution in [-0.2, 0) is 29.8 Å². The third-order valence-electron chi connectivity index (χ3n) is 6.63. The van der Waals surface area contributed by atoms with Crippen molar-refractivity contribution in [1.29, 1.82) is 0 Å². The average Bonchev–Trinajstić information content (AvgIpc) is 3.06. The molecule has 2 heterocycles. The van der Waals surface area contributed by atoms with Crippen LogP contribution in [0, 0.1) is 0 Å². The molecule has 4 aromatic rings. The Labute approximate surface area is 308 Å². The fraction of sp³-hybridized carbons (Fsp3) is 0.188. The molecule has 0 atom stereocenters. The minimum atomic E-state index is -4.90. The molecule has 0 spiro atoms. The average molecular weight is 783 g/mol. The van der Waals surface area contributed by atoms with Crippen LogP contribution in [0.4, 0.5) is 23.3 Å². The van der Waals surface area contributed by atoms with Gasteiger partial charge in [-0.05, 0) is 49.2 Å². The Hall–Kier alpha value is -6.36. The number of nitrogens with zero attached hydrogens (tertiary/aromatic N) is 8. The zero-order chi connectivity index (χ0) is 40.1. The molecule has 22 heteroatoms. The number of ether oxygens (including phenoxy) is 2. The van der Waals surface area contributed by atoms with Crippen molar-refractivity contribution in [3.63, 3.8) is 0 Å². The molecule has 0 amide bonds. The molecule has 4 N–H and O–H groups in total. The van der Waals surface area contributed by atoms with Gasteiger partial charge in [0.25, 0.3) is 31.5 Å². The van der Waals surface area contributed by atoms with Crippen LogP contribution in [0.3, 0.4) is 0 Å². The lowest BCUT2D eigenvalue weighted by Crippen LogP contribution is -2.23. The first-order valence-electron chi connectivity index (χ1n) is 15.2. The van der Waals surface area contributed by atoms with Gasteiger partial charge in [-0.2, -0.15) is 36.8 Å². The number of hydrogen-bond donors (Lipinski definition) is 4. The van der Waals surface area contributed by atoms with Gasteiger partial charge in [0.1, 0.15) is 9.79 Å². The Bertz CT molecular complexity index is 2400. The van der Waals surface area contributed by atoms with E-state index in [0.29, 0.717) is 0 Å². The van der Waals surface area contributed by atoms with Gasteiger partial charge in [-0.15, -0.1) is 0 Å². The molecule has 0 fully saturated rings. The van der Waals surface area contributed by atoms with Crippen molar-refractivity contribution in [2.24, 2.45) is 9.98 Å². The zero-order valence-corrected chi connectivity index (χ0v) is 31.2. The minimum Gasteiger partial charge on any atom is -0.389 e. The normalized spacial score (nSPS) is 12.4. The minimum absolute atomic E-state index is 0.0341. The summed E-state index contributed by atoms with van der Waals surface area (Å²) in [4.78, 5) is 56.2. The second-order valence-electron chi connectivity index (χ2n) is 11.6. The molecule has 0 radical (unpaired) electrons. The molecule has 0 bridgehead atoms. The monoisotopic (exact) mass is 782 g/mol. The number of carbonyl (C=O) groups is 2. The second kappa shape index (κ2) is 16.1. The molecule has 2 aromatic heterocycles. The highest BCUT2D eigenvalue weighted by Crippen LogP contribution is 2.27. The van der Waals surface area contributed by atoms with Gasteiger partial charge in [0.05, 0.1) is 11.4 Å². The predicted octanol–water partition coefficient (Wildman–Crippen LogP) is 2.15. The van der Waals surface area contributed by atoms with Crippen molar-refractivity contribution in [2.45, 2.75) is 23.6 Å². The second-order valence-corrected chi connectivity index (χ2v) is 14.4. The SMILES string of the molecule is C=C(C)C(=O)Oc1nc(=Nc2ccc(/C=C/c3ccc(N=c4nc(OC(=O)C(=C)C)[nH]c(N(C)C)n4)cc3S(=O)(=O)O)c(S(=O)(=O)O)c2)nc(N(C)C)[nH]1. The van der Waals surface area contributed by atoms with Crippen LogP contribution >= 0.6 is 0 Å². The van der Waals surface area contributed by atoms with E-state index >= 15 is 0 Å². The molecule has 0 saturated carbocycles. The molecule has 0 aliphatic carbocycles. The number of nitrogens with one attached hydrogen (secondary N) is 2. The van der Waals surface area contributed by atoms with Crippen LogP contribution in [0.5, 0.6) is 12.0 Å². The molecule has 0 unspecified atom stereocenters. The summed E-state index contributed by atoms with van der Waals surface area (Å²) in [5, 5.41) is 0. The van der Waals surface area contributed by atoms with E-state index in [1.54, 1.807) is 28.2 Å². The number of anilines is 2. The van der Waals surface area contributed by atoms with E-state index in [0.717, 1.165) is 12.1 Å². The van der Waals surface area contributed by atoms with Gasteiger partial charge < -0.3 is 19.3 Å². The summed E-state index contributed by atoms with van der Waals surface area (Å²) in [6.07, 6.45) is 2.37. The first-order chi connectivity index (χ1) is 25.1. The molecule has 2 aromatic carbocycles. The topological polar surface area (TPSA) is 276 Å². The molecular weight excluding hydrogens is 749 g/mol. The van der Waals surface area contributed by atoms with Crippen molar-refractivity contribution in [3.8, 4) is 12.0 Å². The van der Waals surface area contributed by atoms with Gasteiger partial charge in [0.2, 0.25) is 11.9 Å². The standard InChI is InChI=1S/C32H34N10O10S2/c1-17(2)25(43)51-31-37-27(35-29(39-31)41(5)6)33-21-13-11-19(23(15-21)53(45,46)47)9-10-20-12-14-22(16-24(20)54(48,49)50)34-28-36-30(42(7)8)40-32(38-28)52-26(44)18(3)4/h9-16H,1,3H2,2,4-8H3,(H,45,46,47)(H,48,49,50)(H,33,35,37,39)(H,34,36,38,40)/b10-9+. The van der Waals surface area contributed by atoms with Crippen molar-refractivity contribution >= 4 is 67.6 Å². The third-order valence-corrected chi connectivity index (χ3v) is 8.44. The van der Waals surface area contributed by atoms with E-state index in [4.69, 9.17) is 9.47 Å². The number of rotatable bonds is 12. The van der Waals surface area contributed by atoms with E-state index in [1.807, 2.05) is 0 Å². The number of hydrogen-bond acceptors (Lipinski definition) is 16. The van der Waals surface area contributed by atoms with Crippen molar-refractivity contribution in [3.05, 3.63) is 83.1 Å². The number of carbonyl (C=O) groups excluding carboxylic acids is 2. The molecule has 4 rings (SSSR count). The zero-order valence-electron chi connectivity index (χ0n) is 29.6. The van der Waals surface area contributed by atoms with Crippen LogP contribution in [0.1, 0.15) is 25.0 Å². The smallest absolute Gasteiger partial charge is 0.340 e. The number of H-pyrrole nitrogens is 2. The lowest BCUT2D eigenvalue weighted by atomic mass is 10.1. The maximum Gasteiger partial charge on any atom is 0.340 e. The summed E-state index contributed by atoms with van der Waals surface area (Å²) in [5.41, 5.74) is -0.544. The summed E-state index contributed by atoms with van der Waals surface area (Å²) in [6.45, 7) is 9.90. The molecular formula is C32H34N10O10S2. The lowest BCUT2D eigenvalue weighted by molar-refractivity contribution is -0.131. The van der Waals surface area contributed by atoms with Crippen LogP contribution in [0.25, 0.3) is 12.2 Å². The van der Waals surface area contributed by atoms with E-state index < -0.39 is 42.0 Å². The summed E-state index contributed by atoms with van der Waals surface area (Å²) in [6, 6.07) is 6.73. The van der Waals surface area contributed by atoms with Gasteiger partial charge in [0.15, 0.2) is 0 Å². The van der Waals surface area contributed by atoms with Gasteiger partial charge in [-0.25, -0.2) is 19.6 Å². The summed E-state index contributed by atoms with van der Waals surface area (Å²) in [7, 11) is -3.24. The van der Waals surface area contributed by atoms with Gasteiger partial charge in [-0.1, -0.05) is 37.4 Å². The Morgan fingerprint density at radius 1 is 0.685 bits per heavy atom. The highest BCUT2D eigenvalue weighted by Gasteiger charge is 2.19. The molecule has 0 aliphatic rings. The Morgan fingerprint density at radius 2 is 1.04 bits per heavy atom. The molecule has 54 heavy (non-hydrogen) atoms. The van der Waals surface area contributed by atoms with Crippen LogP contribution in [-0.4, -0.2) is 96.0 Å². The Balaban J connectivity index is 1.77. The van der Waals surface area contributed by atoms with Crippen molar-refractivity contribution in [2.75, 3.05) is 38.0 Å². The van der Waals surface area contributed by atoms with Gasteiger partial charge >= 0.3 is 24.0 Å². The summed E-state index contributed by atoms with van der Waals surface area (Å²) >= 11 is 0. The highest BCUT2D eigenvalue weighted by molar-refractivity contribution is 7.86. The van der Waals surface area contributed by atoms with Gasteiger partial charge in [-0.3, -0.25) is 19.1 Å². The van der Waals surface area contributed by atoms with Gasteiger partial charge in [0, 0.05) is 39.3 Å². The van der Waals surface area contributed by atoms with Crippen LogP contribution < -0.4 is 30.5 Å². The predicted molar refractivity (Wildman–Crippen MR) is 194 cm³/mol. The fourth-order valence-corrected chi connectivity index (χ4v) is 5.42. The number of aromatic nitrogens is 6. The molecule has 20 nitrogen and oxygen atoms in total. The number of esters is 2. The highest BCUT2D eigenvalue weighted by atomic mass is 32.2. The lowest BCUT2D eigenvalue weighted by Gasteiger charge is -2.12. The Morgan fingerprint density at radius 3 is 1.33 bits per heavy atom. The van der Waals surface area contributed by atoms with Crippen LogP contribution in [0.2, 0.25) is 0 Å². The quantitative estimate of drug-likeness (QED) is 0.0693. The number of benzene rings is 2. The van der Waals surface area contributed by atoms with Crippen molar-refractivity contribution < 1.29 is 45.0 Å².